The van der Waals surface area contributed by atoms with E-state index in [-0.39, 0.29) is 5.54 Å². The smallest absolute Gasteiger partial charge is 0.0948 e. The van der Waals surface area contributed by atoms with Crippen molar-refractivity contribution in [1.82, 2.24) is 19.8 Å². The van der Waals surface area contributed by atoms with Gasteiger partial charge < -0.3 is 14.8 Å². The summed E-state index contributed by atoms with van der Waals surface area (Å²) in [6.45, 7) is 7.82. The number of rotatable bonds is 4. The van der Waals surface area contributed by atoms with Gasteiger partial charge in [0, 0.05) is 29.9 Å². The second-order valence-electron chi connectivity index (χ2n) is 6.18. The molecule has 0 spiro atoms. The molecule has 4 heteroatoms. The van der Waals surface area contributed by atoms with Gasteiger partial charge in [-0.05, 0) is 53.9 Å². The van der Waals surface area contributed by atoms with Crippen LogP contribution < -0.4 is 5.32 Å². The molecule has 1 aromatic heterocycles. The summed E-state index contributed by atoms with van der Waals surface area (Å²) in [6.07, 6.45) is 6.51. The molecular weight excluding hydrogens is 224 g/mol. The Labute approximate surface area is 110 Å². The fraction of sp³-hybridized carbons (Fsp3) is 0.786. The van der Waals surface area contributed by atoms with Gasteiger partial charge in [-0.25, -0.2) is 4.98 Å². The van der Waals surface area contributed by atoms with Crippen molar-refractivity contribution < 1.29 is 0 Å². The summed E-state index contributed by atoms with van der Waals surface area (Å²) in [5.74, 6) is 0.673. The van der Waals surface area contributed by atoms with Crippen molar-refractivity contribution in [1.29, 1.82) is 0 Å². The molecule has 1 aliphatic rings. The number of nitrogens with one attached hydrogen (secondary N) is 1. The van der Waals surface area contributed by atoms with Crippen LogP contribution in [0.25, 0.3) is 0 Å². The van der Waals surface area contributed by atoms with E-state index in [2.05, 4.69) is 53.9 Å². The summed E-state index contributed by atoms with van der Waals surface area (Å²) in [4.78, 5) is 6.64. The topological polar surface area (TPSA) is 33.1 Å². The van der Waals surface area contributed by atoms with E-state index in [1.807, 2.05) is 6.33 Å². The molecule has 0 amide bonds. The largest absolute Gasteiger partial charge is 0.332 e. The molecule has 1 N–H and O–H groups in total. The van der Waals surface area contributed by atoms with Crippen LogP contribution in [0.1, 0.15) is 38.3 Å². The highest BCUT2D eigenvalue weighted by Gasteiger charge is 2.24. The maximum absolute atomic E-state index is 4.36. The lowest BCUT2D eigenvalue weighted by Gasteiger charge is -2.34. The Balaban J connectivity index is 2.12. The zero-order valence-electron chi connectivity index (χ0n) is 12.1. The Morgan fingerprint density at radius 3 is 2.67 bits per heavy atom. The van der Waals surface area contributed by atoms with Crippen LogP contribution in [0.3, 0.4) is 0 Å². The van der Waals surface area contributed by atoms with Crippen LogP contribution in [0.5, 0.6) is 0 Å². The molecule has 4 nitrogen and oxygen atoms in total. The second kappa shape index (κ2) is 5.41. The van der Waals surface area contributed by atoms with Gasteiger partial charge in [-0.1, -0.05) is 0 Å². The average molecular weight is 250 g/mol. The highest BCUT2D eigenvalue weighted by atomic mass is 15.2. The molecule has 1 aliphatic heterocycles. The Morgan fingerprint density at radius 2 is 2.06 bits per heavy atom. The van der Waals surface area contributed by atoms with Crippen molar-refractivity contribution in [2.45, 2.75) is 44.7 Å². The summed E-state index contributed by atoms with van der Waals surface area (Å²) in [7, 11) is 4.28. The molecular formula is C14H26N4. The first kappa shape index (κ1) is 13.6. The number of imidazole rings is 1. The fourth-order valence-electron chi connectivity index (χ4n) is 2.48. The first-order valence-corrected chi connectivity index (χ1v) is 6.89. The molecule has 2 heterocycles. The molecule has 0 radical (unpaired) electrons. The Kier molecular flexibility index (Phi) is 4.07. The number of hydrogen-bond donors (Lipinski definition) is 1. The second-order valence-corrected chi connectivity index (χ2v) is 6.18. The molecule has 18 heavy (non-hydrogen) atoms. The molecule has 0 aromatic carbocycles. The van der Waals surface area contributed by atoms with Crippen molar-refractivity contribution in [2.24, 2.45) is 0 Å². The molecule has 0 atom stereocenters. The molecule has 102 valence electrons. The van der Waals surface area contributed by atoms with Gasteiger partial charge in [0.15, 0.2) is 0 Å². The van der Waals surface area contributed by atoms with E-state index in [1.165, 1.54) is 18.5 Å². The number of aromatic nitrogens is 2. The number of hydrogen-bond acceptors (Lipinski definition) is 3. The van der Waals surface area contributed by atoms with Gasteiger partial charge >= 0.3 is 0 Å². The van der Waals surface area contributed by atoms with Crippen LogP contribution in [0, 0.1) is 0 Å². The quantitative estimate of drug-likeness (QED) is 0.883. The lowest BCUT2D eigenvalue weighted by atomic mass is 9.94. The highest BCUT2D eigenvalue weighted by molar-refractivity contribution is 5.08. The van der Waals surface area contributed by atoms with Gasteiger partial charge in [-0.15, -0.1) is 0 Å². The van der Waals surface area contributed by atoms with Gasteiger partial charge in [0.1, 0.15) is 0 Å². The predicted octanol–water partition coefficient (Wildman–Crippen LogP) is 1.69. The van der Waals surface area contributed by atoms with E-state index in [0.29, 0.717) is 5.92 Å². The summed E-state index contributed by atoms with van der Waals surface area (Å²) in [5.41, 5.74) is 1.56. The van der Waals surface area contributed by atoms with E-state index in [9.17, 15) is 0 Å². The van der Waals surface area contributed by atoms with E-state index >= 15 is 0 Å². The third kappa shape index (κ3) is 2.93. The standard InChI is InChI=1S/C14H26N4/c1-14(2,17(3)4)10-18-11-16-9-13(18)12-5-7-15-8-6-12/h9,11-12,15H,5-8,10H2,1-4H3. The molecule has 1 saturated heterocycles. The van der Waals surface area contributed by atoms with Crippen LogP contribution in [0.15, 0.2) is 12.5 Å². The van der Waals surface area contributed by atoms with E-state index in [4.69, 9.17) is 0 Å². The molecule has 0 bridgehead atoms. The summed E-state index contributed by atoms with van der Waals surface area (Å²) < 4.78 is 2.34. The van der Waals surface area contributed by atoms with E-state index in [0.717, 1.165) is 19.6 Å². The monoisotopic (exact) mass is 250 g/mol. The SMILES string of the molecule is CN(C)C(C)(C)Cn1cncc1C1CCNCC1. The average Bonchev–Trinajstić information content (AvgIpc) is 2.77. The minimum Gasteiger partial charge on any atom is -0.332 e. The van der Waals surface area contributed by atoms with Crippen molar-refractivity contribution in [3.8, 4) is 0 Å². The number of likely N-dealkylation sites (N-methyl/N-ethyl adjacent to an activating group) is 1. The van der Waals surface area contributed by atoms with Crippen molar-refractivity contribution in [3.05, 3.63) is 18.2 Å². The fourth-order valence-corrected chi connectivity index (χ4v) is 2.48. The number of piperidine rings is 1. The first-order chi connectivity index (χ1) is 8.50. The van der Waals surface area contributed by atoms with E-state index < -0.39 is 0 Å². The van der Waals surface area contributed by atoms with E-state index in [1.54, 1.807) is 0 Å². The lowest BCUT2D eigenvalue weighted by Crippen LogP contribution is -2.42. The molecule has 2 rings (SSSR count). The van der Waals surface area contributed by atoms with Crippen molar-refractivity contribution in [3.63, 3.8) is 0 Å². The minimum absolute atomic E-state index is 0.155. The first-order valence-electron chi connectivity index (χ1n) is 6.89. The summed E-state index contributed by atoms with van der Waals surface area (Å²) in [6, 6.07) is 0. The Bertz CT molecular complexity index is 375. The zero-order chi connectivity index (χ0) is 13.2. The van der Waals surface area contributed by atoms with Gasteiger partial charge in [-0.3, -0.25) is 0 Å². The Morgan fingerprint density at radius 1 is 1.39 bits per heavy atom. The molecule has 1 fully saturated rings. The lowest BCUT2D eigenvalue weighted by molar-refractivity contribution is 0.167. The normalized spacial score (nSPS) is 18.5. The van der Waals surface area contributed by atoms with Crippen LogP contribution in [-0.2, 0) is 6.54 Å². The van der Waals surface area contributed by atoms with Gasteiger partial charge in [-0.2, -0.15) is 0 Å². The van der Waals surface area contributed by atoms with Crippen LogP contribution in [0.2, 0.25) is 0 Å². The van der Waals surface area contributed by atoms with Crippen molar-refractivity contribution in [2.75, 3.05) is 27.2 Å². The Hall–Kier alpha value is -0.870. The summed E-state index contributed by atoms with van der Waals surface area (Å²) in [5, 5.41) is 3.42. The summed E-state index contributed by atoms with van der Waals surface area (Å²) >= 11 is 0. The van der Waals surface area contributed by atoms with Crippen LogP contribution in [0.4, 0.5) is 0 Å². The molecule has 1 aromatic rings. The third-order valence-corrected chi connectivity index (χ3v) is 4.27. The third-order valence-electron chi connectivity index (χ3n) is 4.27. The minimum atomic E-state index is 0.155. The van der Waals surface area contributed by atoms with Crippen LogP contribution >= 0.6 is 0 Å². The van der Waals surface area contributed by atoms with Gasteiger partial charge in [0.05, 0.1) is 6.33 Å². The zero-order valence-corrected chi connectivity index (χ0v) is 12.1. The molecule has 0 unspecified atom stereocenters. The molecule has 0 aliphatic carbocycles. The van der Waals surface area contributed by atoms with Gasteiger partial charge in [0.2, 0.25) is 0 Å². The highest BCUT2D eigenvalue weighted by Crippen LogP contribution is 2.26. The van der Waals surface area contributed by atoms with Crippen LogP contribution in [-0.4, -0.2) is 47.2 Å². The predicted molar refractivity (Wildman–Crippen MR) is 74.8 cm³/mol. The maximum Gasteiger partial charge on any atom is 0.0948 e. The molecule has 0 saturated carbocycles. The maximum atomic E-state index is 4.36. The van der Waals surface area contributed by atoms with Crippen molar-refractivity contribution >= 4 is 0 Å². The number of nitrogens with zero attached hydrogens (tertiary/aromatic N) is 3. The van der Waals surface area contributed by atoms with Gasteiger partial charge in [0.25, 0.3) is 0 Å².